The Kier molecular flexibility index (Phi) is 6.55. The van der Waals surface area contributed by atoms with E-state index in [1.54, 1.807) is 18.0 Å². The molecule has 0 aliphatic carbocycles. The molecule has 1 N–H and O–H groups in total. The predicted octanol–water partition coefficient (Wildman–Crippen LogP) is 5.39. The molecule has 0 aliphatic rings. The van der Waals surface area contributed by atoms with E-state index in [0.29, 0.717) is 5.92 Å². The summed E-state index contributed by atoms with van der Waals surface area (Å²) in [6, 6.07) is 10.0. The van der Waals surface area contributed by atoms with E-state index in [0.717, 1.165) is 32.5 Å². The zero-order chi connectivity index (χ0) is 15.2. The number of pyridine rings is 1. The fourth-order valence-corrected chi connectivity index (χ4v) is 3.26. The monoisotopic (exact) mass is 384 g/mol. The summed E-state index contributed by atoms with van der Waals surface area (Å²) in [4.78, 5) is 5.48. The summed E-state index contributed by atoms with van der Waals surface area (Å²) in [6.07, 6.45) is 1.80. The van der Waals surface area contributed by atoms with Crippen LogP contribution >= 0.6 is 39.3 Å². The van der Waals surface area contributed by atoms with Crippen LogP contribution in [0.4, 0.5) is 0 Å². The molecule has 21 heavy (non-hydrogen) atoms. The number of rotatable bonds is 6. The molecule has 5 heteroatoms. The summed E-state index contributed by atoms with van der Waals surface area (Å²) in [7, 11) is 0. The molecule has 2 aromatic rings. The lowest BCUT2D eigenvalue weighted by atomic mass is 10.2. The van der Waals surface area contributed by atoms with E-state index >= 15 is 0 Å². The van der Waals surface area contributed by atoms with Gasteiger partial charge >= 0.3 is 0 Å². The highest BCUT2D eigenvalue weighted by atomic mass is 79.9. The average molecular weight is 386 g/mol. The largest absolute Gasteiger partial charge is 0.312 e. The second kappa shape index (κ2) is 8.18. The van der Waals surface area contributed by atoms with Gasteiger partial charge in [0.15, 0.2) is 0 Å². The number of benzene rings is 1. The van der Waals surface area contributed by atoms with E-state index in [1.165, 1.54) is 5.56 Å². The maximum atomic E-state index is 6.37. The Morgan fingerprint density at radius 3 is 2.76 bits per heavy atom. The first-order valence-electron chi connectivity index (χ1n) is 6.84. The van der Waals surface area contributed by atoms with Crippen molar-refractivity contribution >= 4 is 39.3 Å². The summed E-state index contributed by atoms with van der Waals surface area (Å²) in [5.41, 5.74) is 1.21. The third-order valence-electron chi connectivity index (χ3n) is 2.82. The molecule has 0 radical (unpaired) electrons. The molecule has 0 unspecified atom stereocenters. The summed E-state index contributed by atoms with van der Waals surface area (Å²) < 4.78 is 0.977. The zero-order valence-corrected chi connectivity index (χ0v) is 15.2. The van der Waals surface area contributed by atoms with Gasteiger partial charge in [0.05, 0.1) is 5.02 Å². The maximum absolute atomic E-state index is 6.37. The Hall–Kier alpha value is -0.550. The fraction of sp³-hybridized carbons (Fsp3) is 0.312. The smallest absolute Gasteiger partial charge is 0.101 e. The number of hydrogen-bond acceptors (Lipinski definition) is 3. The Bertz CT molecular complexity index is 587. The lowest BCUT2D eigenvalue weighted by molar-refractivity contribution is 0.550. The zero-order valence-electron chi connectivity index (χ0n) is 12.1. The number of nitrogens with one attached hydrogen (secondary N) is 1. The summed E-state index contributed by atoms with van der Waals surface area (Å²) in [6.45, 7) is 6.21. The first-order chi connectivity index (χ1) is 10.1. The average Bonchev–Trinajstić information content (AvgIpc) is 2.44. The van der Waals surface area contributed by atoms with E-state index < -0.39 is 0 Å². The van der Waals surface area contributed by atoms with E-state index in [9.17, 15) is 0 Å². The summed E-state index contributed by atoms with van der Waals surface area (Å²) in [5, 5.41) is 5.18. The van der Waals surface area contributed by atoms with Crippen molar-refractivity contribution in [2.45, 2.75) is 30.3 Å². The molecule has 0 saturated heterocycles. The van der Waals surface area contributed by atoms with Crippen LogP contribution in [0.25, 0.3) is 0 Å². The highest BCUT2D eigenvalue weighted by molar-refractivity contribution is 9.10. The number of nitrogens with zero attached hydrogens (tertiary/aromatic N) is 1. The molecule has 0 spiro atoms. The van der Waals surface area contributed by atoms with Crippen molar-refractivity contribution < 1.29 is 0 Å². The molecule has 0 aliphatic heterocycles. The van der Waals surface area contributed by atoms with Crippen LogP contribution in [0.5, 0.6) is 0 Å². The van der Waals surface area contributed by atoms with Crippen LogP contribution in [0.15, 0.2) is 50.9 Å². The van der Waals surface area contributed by atoms with Gasteiger partial charge in [-0.1, -0.05) is 49.3 Å². The second-order valence-corrected chi connectivity index (χ2v) is 7.52. The Morgan fingerprint density at radius 1 is 1.29 bits per heavy atom. The highest BCUT2D eigenvalue weighted by Crippen LogP contribution is 2.35. The fourth-order valence-electron chi connectivity index (χ4n) is 1.83. The van der Waals surface area contributed by atoms with Crippen molar-refractivity contribution in [1.29, 1.82) is 0 Å². The highest BCUT2D eigenvalue weighted by Gasteiger charge is 2.10. The van der Waals surface area contributed by atoms with Crippen molar-refractivity contribution in [2.75, 3.05) is 6.54 Å². The van der Waals surface area contributed by atoms with Crippen LogP contribution in [0.3, 0.4) is 0 Å². The van der Waals surface area contributed by atoms with Gasteiger partial charge in [-0.25, -0.2) is 4.98 Å². The first-order valence-corrected chi connectivity index (χ1v) is 8.82. The molecule has 1 aromatic heterocycles. The first kappa shape index (κ1) is 16.8. The molecule has 1 aromatic carbocycles. The SMILES string of the molecule is CC(C)CNCc1cccc(Cl)c1Sc1ccc(Br)cn1. The molecule has 1 heterocycles. The third-order valence-corrected chi connectivity index (χ3v) is 4.86. The molecule has 0 saturated carbocycles. The minimum absolute atomic E-state index is 0.633. The lowest BCUT2D eigenvalue weighted by Crippen LogP contribution is -2.19. The molecule has 0 amide bonds. The summed E-state index contributed by atoms with van der Waals surface area (Å²) >= 11 is 11.4. The Balaban J connectivity index is 2.15. The van der Waals surface area contributed by atoms with E-state index in [1.807, 2.05) is 24.3 Å². The van der Waals surface area contributed by atoms with Gasteiger partial charge in [-0.15, -0.1) is 0 Å². The molecule has 0 atom stereocenters. The summed E-state index contributed by atoms with van der Waals surface area (Å²) in [5.74, 6) is 0.633. The van der Waals surface area contributed by atoms with E-state index in [4.69, 9.17) is 11.6 Å². The number of halogens is 2. The van der Waals surface area contributed by atoms with Crippen molar-refractivity contribution in [2.24, 2.45) is 5.92 Å². The van der Waals surface area contributed by atoms with Crippen LogP contribution in [0.2, 0.25) is 5.02 Å². The maximum Gasteiger partial charge on any atom is 0.101 e. The van der Waals surface area contributed by atoms with Crippen molar-refractivity contribution in [1.82, 2.24) is 10.3 Å². The van der Waals surface area contributed by atoms with Gasteiger partial charge in [0.1, 0.15) is 5.03 Å². The van der Waals surface area contributed by atoms with Crippen LogP contribution in [0.1, 0.15) is 19.4 Å². The Morgan fingerprint density at radius 2 is 2.10 bits per heavy atom. The standard InChI is InChI=1S/C16H18BrClN2S/c1-11(2)8-19-9-12-4-3-5-14(18)16(12)21-15-7-6-13(17)10-20-15/h3-7,10-11,19H,8-9H2,1-2H3. The topological polar surface area (TPSA) is 24.9 Å². The Labute approximate surface area is 143 Å². The van der Waals surface area contributed by atoms with Crippen molar-refractivity contribution in [3.8, 4) is 0 Å². The molecular formula is C16H18BrClN2S. The van der Waals surface area contributed by atoms with Crippen LogP contribution in [0, 0.1) is 5.92 Å². The van der Waals surface area contributed by atoms with Crippen molar-refractivity contribution in [3.63, 3.8) is 0 Å². The lowest BCUT2D eigenvalue weighted by Gasteiger charge is -2.13. The third kappa shape index (κ3) is 5.29. The minimum Gasteiger partial charge on any atom is -0.312 e. The van der Waals surface area contributed by atoms with Crippen LogP contribution in [-0.2, 0) is 6.54 Å². The molecular weight excluding hydrogens is 368 g/mol. The van der Waals surface area contributed by atoms with E-state index in [-0.39, 0.29) is 0 Å². The molecule has 2 rings (SSSR count). The quantitative estimate of drug-likeness (QED) is 0.721. The van der Waals surface area contributed by atoms with Gasteiger partial charge < -0.3 is 5.32 Å². The van der Waals surface area contributed by atoms with Gasteiger partial charge in [-0.05, 0) is 52.2 Å². The van der Waals surface area contributed by atoms with Gasteiger partial charge in [-0.2, -0.15) is 0 Å². The molecule has 2 nitrogen and oxygen atoms in total. The van der Waals surface area contributed by atoms with Gasteiger partial charge in [0.2, 0.25) is 0 Å². The number of aromatic nitrogens is 1. The molecule has 0 fully saturated rings. The van der Waals surface area contributed by atoms with Gasteiger partial charge in [0, 0.05) is 22.1 Å². The minimum atomic E-state index is 0.633. The number of hydrogen-bond donors (Lipinski definition) is 1. The van der Waals surface area contributed by atoms with Gasteiger partial charge in [-0.3, -0.25) is 0 Å². The molecule has 112 valence electrons. The normalized spacial score (nSPS) is 11.1. The van der Waals surface area contributed by atoms with E-state index in [2.05, 4.69) is 46.1 Å². The van der Waals surface area contributed by atoms with Gasteiger partial charge in [0.25, 0.3) is 0 Å². The second-order valence-electron chi connectivity index (χ2n) is 5.17. The van der Waals surface area contributed by atoms with Crippen LogP contribution < -0.4 is 5.32 Å². The predicted molar refractivity (Wildman–Crippen MR) is 94.1 cm³/mol. The van der Waals surface area contributed by atoms with Crippen molar-refractivity contribution in [3.05, 3.63) is 51.6 Å². The molecule has 0 bridgehead atoms. The van der Waals surface area contributed by atoms with Crippen LogP contribution in [-0.4, -0.2) is 11.5 Å².